The molecule has 0 spiro atoms. The lowest BCUT2D eigenvalue weighted by atomic mass is 9.98. The third-order valence-corrected chi connectivity index (χ3v) is 3.86. The third kappa shape index (κ3) is 5.09. The highest BCUT2D eigenvalue weighted by Crippen LogP contribution is 2.29. The van der Waals surface area contributed by atoms with E-state index < -0.39 is 12.2 Å². The smallest absolute Gasteiger partial charge is 0.188 e. The van der Waals surface area contributed by atoms with Crippen molar-refractivity contribution in [3.63, 3.8) is 0 Å². The fourth-order valence-corrected chi connectivity index (χ4v) is 2.45. The number of rotatable bonds is 9. The van der Waals surface area contributed by atoms with Crippen molar-refractivity contribution in [1.29, 1.82) is 0 Å². The number of benzene rings is 2. The van der Waals surface area contributed by atoms with E-state index in [1.54, 1.807) is 56.7 Å². The molecule has 6 nitrogen and oxygen atoms in total. The van der Waals surface area contributed by atoms with Crippen molar-refractivity contribution in [2.24, 2.45) is 0 Å². The molecule has 0 aliphatic carbocycles. The summed E-state index contributed by atoms with van der Waals surface area (Å²) in [6, 6.07) is 12.2. The zero-order valence-electron chi connectivity index (χ0n) is 14.6. The monoisotopic (exact) mass is 348 g/mol. The molecule has 6 heteroatoms. The van der Waals surface area contributed by atoms with E-state index in [2.05, 4.69) is 0 Å². The minimum atomic E-state index is -1.02. The number of ether oxygens (including phenoxy) is 4. The van der Waals surface area contributed by atoms with Crippen LogP contribution in [0.4, 0.5) is 0 Å². The molecule has 2 aromatic carbocycles. The van der Waals surface area contributed by atoms with Crippen LogP contribution in [0.1, 0.15) is 17.2 Å². The lowest BCUT2D eigenvalue weighted by molar-refractivity contribution is 0.0171. The van der Waals surface area contributed by atoms with Gasteiger partial charge in [-0.15, -0.1) is 0 Å². The zero-order valence-corrected chi connectivity index (χ0v) is 14.6. The first-order chi connectivity index (χ1) is 12.1. The highest BCUT2D eigenvalue weighted by atomic mass is 16.7. The van der Waals surface area contributed by atoms with Gasteiger partial charge in [-0.1, -0.05) is 18.2 Å². The zero-order chi connectivity index (χ0) is 18.2. The van der Waals surface area contributed by atoms with Crippen LogP contribution in [0.2, 0.25) is 0 Å². The normalized spacial score (nSPS) is 13.2. The summed E-state index contributed by atoms with van der Waals surface area (Å²) >= 11 is 0. The van der Waals surface area contributed by atoms with Crippen LogP contribution in [-0.4, -0.2) is 44.4 Å². The molecule has 0 aliphatic heterocycles. The van der Waals surface area contributed by atoms with Crippen LogP contribution in [0.3, 0.4) is 0 Å². The van der Waals surface area contributed by atoms with Gasteiger partial charge in [-0.05, 0) is 29.3 Å². The molecular weight excluding hydrogens is 324 g/mol. The third-order valence-electron chi connectivity index (χ3n) is 3.86. The molecule has 0 bridgehead atoms. The van der Waals surface area contributed by atoms with Crippen molar-refractivity contribution >= 4 is 0 Å². The number of aliphatic hydroxyl groups is 2. The second kappa shape index (κ2) is 9.27. The van der Waals surface area contributed by atoms with E-state index >= 15 is 0 Å². The largest absolute Gasteiger partial charge is 0.497 e. The number of methoxy groups -OCH3 is 3. The molecule has 0 aromatic heterocycles. The van der Waals surface area contributed by atoms with Crippen LogP contribution in [0, 0.1) is 0 Å². The minimum Gasteiger partial charge on any atom is -0.497 e. The molecule has 2 N–H and O–H groups in total. The Morgan fingerprint density at radius 3 is 2.12 bits per heavy atom. The Morgan fingerprint density at radius 2 is 1.52 bits per heavy atom. The first kappa shape index (κ1) is 19.1. The van der Waals surface area contributed by atoms with Crippen molar-refractivity contribution in [1.82, 2.24) is 0 Å². The number of hydrogen-bond donors (Lipinski definition) is 2. The lowest BCUT2D eigenvalue weighted by Gasteiger charge is -2.20. The van der Waals surface area contributed by atoms with Crippen molar-refractivity contribution in [3.8, 4) is 17.2 Å². The van der Waals surface area contributed by atoms with Crippen molar-refractivity contribution < 1.29 is 29.2 Å². The van der Waals surface area contributed by atoms with Crippen LogP contribution in [0.5, 0.6) is 17.2 Å². The van der Waals surface area contributed by atoms with Gasteiger partial charge in [0.15, 0.2) is 6.79 Å². The molecule has 136 valence electrons. The fraction of sp³-hybridized carbons (Fsp3) is 0.368. The molecule has 0 fully saturated rings. The van der Waals surface area contributed by atoms with Gasteiger partial charge in [0.05, 0.1) is 20.3 Å². The molecular formula is C19H24O6. The Hall–Kier alpha value is -2.28. The van der Waals surface area contributed by atoms with E-state index in [-0.39, 0.29) is 13.2 Å². The van der Waals surface area contributed by atoms with Gasteiger partial charge in [0, 0.05) is 19.6 Å². The van der Waals surface area contributed by atoms with Gasteiger partial charge >= 0.3 is 0 Å². The van der Waals surface area contributed by atoms with Crippen LogP contribution in [-0.2, 0) is 11.2 Å². The van der Waals surface area contributed by atoms with Gasteiger partial charge in [-0.3, -0.25) is 0 Å². The van der Waals surface area contributed by atoms with E-state index in [1.165, 1.54) is 7.11 Å². The first-order valence-electron chi connectivity index (χ1n) is 7.87. The van der Waals surface area contributed by atoms with E-state index in [0.29, 0.717) is 22.8 Å². The van der Waals surface area contributed by atoms with Gasteiger partial charge in [-0.25, -0.2) is 0 Å². The maximum absolute atomic E-state index is 10.4. The Kier molecular flexibility index (Phi) is 7.06. The molecule has 2 aromatic rings. The topological polar surface area (TPSA) is 77.4 Å². The van der Waals surface area contributed by atoms with E-state index in [0.717, 1.165) is 5.56 Å². The molecule has 0 saturated heterocycles. The Labute approximate surface area is 147 Å². The second-order valence-corrected chi connectivity index (χ2v) is 5.51. The van der Waals surface area contributed by atoms with Gasteiger partial charge in [0.2, 0.25) is 0 Å². The molecule has 2 atom stereocenters. The molecule has 0 aliphatic rings. The van der Waals surface area contributed by atoms with Gasteiger partial charge in [0.25, 0.3) is 0 Å². The first-order valence-corrected chi connectivity index (χ1v) is 7.87. The number of aliphatic hydroxyl groups excluding tert-OH is 2. The van der Waals surface area contributed by atoms with E-state index in [1.807, 2.05) is 0 Å². The fourth-order valence-electron chi connectivity index (χ4n) is 2.45. The highest BCUT2D eigenvalue weighted by molar-refractivity contribution is 5.41. The number of hydrogen-bond acceptors (Lipinski definition) is 6. The summed E-state index contributed by atoms with van der Waals surface area (Å²) in [5.74, 6) is 1.87. The minimum absolute atomic E-state index is 0.0807. The van der Waals surface area contributed by atoms with Crippen LogP contribution < -0.4 is 14.2 Å². The molecule has 25 heavy (non-hydrogen) atoms. The van der Waals surface area contributed by atoms with Gasteiger partial charge in [-0.2, -0.15) is 0 Å². The summed E-state index contributed by atoms with van der Waals surface area (Å²) in [5, 5.41) is 20.8. The Bertz CT molecular complexity index is 655. The summed E-state index contributed by atoms with van der Waals surface area (Å²) in [7, 11) is 4.67. The van der Waals surface area contributed by atoms with E-state index in [9.17, 15) is 10.2 Å². The predicted octanol–water partition coefficient (Wildman–Crippen LogP) is 2.32. The predicted molar refractivity (Wildman–Crippen MR) is 93.2 cm³/mol. The van der Waals surface area contributed by atoms with Gasteiger partial charge < -0.3 is 29.2 Å². The van der Waals surface area contributed by atoms with Crippen LogP contribution in [0.15, 0.2) is 42.5 Å². The standard InChI is InChI=1S/C19H24O6/c1-22-12-25-18-11-16(24-3)9-6-14(18)10-17(20)19(21)13-4-7-15(23-2)8-5-13/h4-9,11,17,19-21H,10,12H2,1-3H3/t17-,19-/m1/s1. The summed E-state index contributed by atoms with van der Waals surface area (Å²) < 4.78 is 20.7. The van der Waals surface area contributed by atoms with Gasteiger partial charge in [0.1, 0.15) is 23.4 Å². The summed E-state index contributed by atoms with van der Waals surface area (Å²) in [6.07, 6.45) is -1.80. The van der Waals surface area contributed by atoms with Crippen LogP contribution in [0.25, 0.3) is 0 Å². The quantitative estimate of drug-likeness (QED) is 0.677. The average Bonchev–Trinajstić information content (AvgIpc) is 2.66. The molecule has 0 saturated carbocycles. The molecule has 0 amide bonds. The van der Waals surface area contributed by atoms with Crippen LogP contribution >= 0.6 is 0 Å². The Balaban J connectivity index is 2.13. The maximum atomic E-state index is 10.4. The van der Waals surface area contributed by atoms with Crippen molar-refractivity contribution in [2.45, 2.75) is 18.6 Å². The van der Waals surface area contributed by atoms with Crippen molar-refractivity contribution in [3.05, 3.63) is 53.6 Å². The molecule has 0 unspecified atom stereocenters. The second-order valence-electron chi connectivity index (χ2n) is 5.51. The molecule has 0 radical (unpaired) electrons. The Morgan fingerprint density at radius 1 is 0.880 bits per heavy atom. The molecule has 0 heterocycles. The molecule has 2 rings (SSSR count). The highest BCUT2D eigenvalue weighted by Gasteiger charge is 2.21. The summed E-state index contributed by atoms with van der Waals surface area (Å²) in [4.78, 5) is 0. The average molecular weight is 348 g/mol. The summed E-state index contributed by atoms with van der Waals surface area (Å²) in [6.45, 7) is 0.0807. The van der Waals surface area contributed by atoms with E-state index in [4.69, 9.17) is 18.9 Å². The summed E-state index contributed by atoms with van der Waals surface area (Å²) in [5.41, 5.74) is 1.36. The SMILES string of the molecule is COCOc1cc(OC)ccc1C[C@@H](O)[C@H](O)c1ccc(OC)cc1. The van der Waals surface area contributed by atoms with Crippen molar-refractivity contribution in [2.75, 3.05) is 28.1 Å². The maximum Gasteiger partial charge on any atom is 0.188 e. The lowest BCUT2D eigenvalue weighted by Crippen LogP contribution is -2.21.